The molecule has 0 bridgehead atoms. The van der Waals surface area contributed by atoms with Crippen LogP contribution in [0.2, 0.25) is 0 Å². The van der Waals surface area contributed by atoms with Crippen LogP contribution in [-0.2, 0) is 14.2 Å². The van der Waals surface area contributed by atoms with E-state index in [0.29, 0.717) is 28.1 Å². The van der Waals surface area contributed by atoms with Gasteiger partial charge in [0.15, 0.2) is 24.4 Å². The minimum absolute atomic E-state index is 0. The monoisotopic (exact) mass is 471 g/mol. The molecule has 4 atom stereocenters. The number of carbonyl (C=O) groups is 1. The zero-order chi connectivity index (χ0) is 23.8. The van der Waals surface area contributed by atoms with Crippen LogP contribution in [0.4, 0.5) is 0 Å². The van der Waals surface area contributed by atoms with Crippen LogP contribution in [0.5, 0.6) is 17.2 Å². The van der Waals surface area contributed by atoms with Crippen molar-refractivity contribution in [1.82, 2.24) is 0 Å². The fraction of sp³-hybridized carbons (Fsp3) is 0.458. The summed E-state index contributed by atoms with van der Waals surface area (Å²) < 4.78 is 33.6. The molecule has 0 fully saturated rings. The van der Waals surface area contributed by atoms with Crippen molar-refractivity contribution in [2.75, 3.05) is 21.3 Å². The van der Waals surface area contributed by atoms with Crippen LogP contribution in [0.15, 0.2) is 30.3 Å². The summed E-state index contributed by atoms with van der Waals surface area (Å²) in [5.74, 6) is 1.36. The average Bonchev–Trinajstić information content (AvgIpc) is 2.75. The van der Waals surface area contributed by atoms with Crippen molar-refractivity contribution in [3.63, 3.8) is 0 Å². The minimum Gasteiger partial charge on any atom is -0.465 e. The molecule has 0 aliphatic heterocycles. The third-order valence-corrected chi connectivity index (χ3v) is 6.09. The van der Waals surface area contributed by atoms with Crippen molar-refractivity contribution >= 4 is 19.4 Å². The van der Waals surface area contributed by atoms with Gasteiger partial charge in [-0.05, 0) is 54.3 Å². The smallest absolute Gasteiger partial charge is 0.465 e. The molecule has 0 spiro atoms. The molecule has 0 amide bonds. The normalized spacial score (nSPS) is 13.8. The van der Waals surface area contributed by atoms with Gasteiger partial charge in [-0.25, -0.2) is 0 Å². The average molecular weight is 471 g/mol. The van der Waals surface area contributed by atoms with Crippen LogP contribution in [0.1, 0.15) is 42.3 Å². The van der Waals surface area contributed by atoms with E-state index in [1.807, 2.05) is 32.0 Å². The van der Waals surface area contributed by atoms with Gasteiger partial charge in [0, 0.05) is 39.0 Å². The molecule has 0 radical (unpaired) electrons. The quantitative estimate of drug-likeness (QED) is 0.264. The van der Waals surface area contributed by atoms with Crippen molar-refractivity contribution in [3.8, 4) is 17.2 Å². The molecule has 2 rings (SSSR count). The number of rotatable bonds is 12. The molecule has 0 N–H and O–H groups in total. The first-order valence-electron chi connectivity index (χ1n) is 10.3. The van der Waals surface area contributed by atoms with Gasteiger partial charge in [0.1, 0.15) is 17.2 Å². The Morgan fingerprint density at radius 3 is 1.64 bits per heavy atom. The predicted octanol–water partition coefficient (Wildman–Crippen LogP) is 1.57. The van der Waals surface area contributed by atoms with E-state index < -0.39 is 18.9 Å². The predicted molar refractivity (Wildman–Crippen MR) is 126 cm³/mol. The molecule has 0 aliphatic carbocycles. The molecule has 4 unspecified atom stereocenters. The third-order valence-electron chi connectivity index (χ3n) is 4.87. The topological polar surface area (TPSA) is 72.5 Å². The summed E-state index contributed by atoms with van der Waals surface area (Å²) in [6, 6.07) is 9.24. The van der Waals surface area contributed by atoms with E-state index in [0.717, 1.165) is 11.1 Å². The van der Waals surface area contributed by atoms with Crippen molar-refractivity contribution in [3.05, 3.63) is 47.0 Å². The van der Waals surface area contributed by atoms with Crippen LogP contribution in [-0.4, -0.2) is 45.7 Å². The molecule has 33 heavy (non-hydrogen) atoms. The number of aryl methyl sites for hydroxylation is 2. The Hall–Kier alpha value is -1.58. The van der Waals surface area contributed by atoms with Crippen LogP contribution in [0.25, 0.3) is 0 Å². The Labute approximate surface area is 210 Å². The maximum atomic E-state index is 13.4. The van der Waals surface area contributed by atoms with Crippen LogP contribution < -0.4 is 38.4 Å². The molecule has 2 aromatic carbocycles. The van der Waals surface area contributed by atoms with Gasteiger partial charge in [0.05, 0.1) is 5.30 Å². The second-order valence-electron chi connectivity index (χ2n) is 7.28. The number of hydrogen-bond donors (Lipinski definition) is 0. The largest absolute Gasteiger partial charge is 1.00 e. The zero-order valence-electron chi connectivity index (χ0n) is 21.0. The zero-order valence-corrected chi connectivity index (χ0v) is 22.0. The summed E-state index contributed by atoms with van der Waals surface area (Å²) in [4.78, 5) is 13.4. The first-order valence-corrected chi connectivity index (χ1v) is 11.3. The Bertz CT molecular complexity index is 868. The molecule has 2 aromatic rings. The standard InChI is InChI=1S/C24H33O7P.Li/c1-14-10-9-11-15(2)22(14)24(25)32-23-20(30-17(4)27-7)12-19(29-16(3)26-6)13-21(23)31-18(5)28-8;/h9-13,16-18,32H,1-8H3;/q;+1. The first-order chi connectivity index (χ1) is 15.2. The van der Waals surface area contributed by atoms with Gasteiger partial charge in [-0.2, -0.15) is 0 Å². The summed E-state index contributed by atoms with van der Waals surface area (Å²) in [7, 11) is 4.40. The van der Waals surface area contributed by atoms with Crippen molar-refractivity contribution < 1.29 is 52.1 Å². The van der Waals surface area contributed by atoms with Gasteiger partial charge in [-0.3, -0.25) is 4.79 Å². The molecule has 0 saturated heterocycles. The van der Waals surface area contributed by atoms with E-state index in [4.69, 9.17) is 28.4 Å². The number of benzene rings is 2. The fourth-order valence-electron chi connectivity index (χ4n) is 2.99. The van der Waals surface area contributed by atoms with Gasteiger partial charge in [-0.15, -0.1) is 0 Å². The second kappa shape index (κ2) is 14.0. The number of hydrogen-bond acceptors (Lipinski definition) is 7. The van der Waals surface area contributed by atoms with Gasteiger partial charge in [0.2, 0.25) is 0 Å². The fourth-order valence-corrected chi connectivity index (χ4v) is 4.24. The number of ether oxygens (including phenoxy) is 6. The van der Waals surface area contributed by atoms with E-state index in [1.54, 1.807) is 54.2 Å². The number of carbonyl (C=O) groups excluding carboxylic acids is 1. The van der Waals surface area contributed by atoms with Crippen LogP contribution >= 0.6 is 8.58 Å². The molecule has 0 heterocycles. The summed E-state index contributed by atoms with van der Waals surface area (Å²) >= 11 is 0. The Kier molecular flexibility index (Phi) is 12.5. The molecule has 9 heteroatoms. The minimum atomic E-state index is -0.545. The van der Waals surface area contributed by atoms with Gasteiger partial charge < -0.3 is 28.4 Å². The van der Waals surface area contributed by atoms with Gasteiger partial charge in [-0.1, -0.05) is 18.2 Å². The molecule has 0 aliphatic rings. The molecule has 176 valence electrons. The van der Waals surface area contributed by atoms with Crippen molar-refractivity contribution in [2.24, 2.45) is 0 Å². The second-order valence-corrected chi connectivity index (χ2v) is 8.48. The Balaban J connectivity index is 0.00000544. The maximum absolute atomic E-state index is 13.4. The van der Waals surface area contributed by atoms with Gasteiger partial charge in [0.25, 0.3) is 0 Å². The van der Waals surface area contributed by atoms with Crippen molar-refractivity contribution in [1.29, 1.82) is 0 Å². The van der Waals surface area contributed by atoms with Gasteiger partial charge >= 0.3 is 18.9 Å². The van der Waals surface area contributed by atoms with Crippen LogP contribution in [0.3, 0.4) is 0 Å². The molecule has 0 aromatic heterocycles. The van der Waals surface area contributed by atoms with E-state index in [9.17, 15) is 4.79 Å². The van der Waals surface area contributed by atoms with Crippen molar-refractivity contribution in [2.45, 2.75) is 53.5 Å². The molecule has 0 saturated carbocycles. The first kappa shape index (κ1) is 29.4. The number of methoxy groups -OCH3 is 3. The summed E-state index contributed by atoms with van der Waals surface area (Å²) in [5, 5.41) is 0.614. The van der Waals surface area contributed by atoms with E-state index in [1.165, 1.54) is 0 Å². The summed E-state index contributed by atoms with van der Waals surface area (Å²) in [5.41, 5.74) is 2.55. The van der Waals surface area contributed by atoms with E-state index >= 15 is 0 Å². The summed E-state index contributed by atoms with van der Waals surface area (Å²) in [6.45, 7) is 9.18. The summed E-state index contributed by atoms with van der Waals surface area (Å²) in [6.07, 6.45) is -1.58. The maximum Gasteiger partial charge on any atom is 1.00 e. The van der Waals surface area contributed by atoms with Crippen LogP contribution in [0, 0.1) is 13.8 Å². The molecular formula is C24H33LiO7P+. The Morgan fingerprint density at radius 2 is 1.21 bits per heavy atom. The van der Waals surface area contributed by atoms with E-state index in [2.05, 4.69) is 0 Å². The Morgan fingerprint density at radius 1 is 0.788 bits per heavy atom. The molecular weight excluding hydrogens is 438 g/mol. The van der Waals surface area contributed by atoms with E-state index in [-0.39, 0.29) is 33.0 Å². The molecule has 7 nitrogen and oxygen atoms in total. The SMILES string of the molecule is COC(C)Oc1cc(OC(C)OC)c(PC(=O)c2c(C)cccc2C)c(OC(C)OC)c1.[Li+]. The third kappa shape index (κ3) is 8.29.